The van der Waals surface area contributed by atoms with Crippen molar-refractivity contribution in [3.05, 3.63) is 93.5 Å². The van der Waals surface area contributed by atoms with Gasteiger partial charge in [-0.3, -0.25) is 24.3 Å². The van der Waals surface area contributed by atoms with Crippen LogP contribution in [0, 0.1) is 15.9 Å². The molecule has 0 fully saturated rings. The number of hydrogen-bond donors (Lipinski definition) is 1. The number of benzene rings is 2. The van der Waals surface area contributed by atoms with Crippen LogP contribution >= 0.6 is 23.1 Å². The molecule has 2 aromatic heterocycles. The monoisotopic (exact) mass is 496 g/mol. The fourth-order valence-corrected chi connectivity index (χ4v) is 5.07. The molecule has 0 aliphatic heterocycles. The molecule has 0 atom stereocenters. The Balaban J connectivity index is 1.60. The third kappa shape index (κ3) is 4.90. The van der Waals surface area contributed by atoms with E-state index in [2.05, 4.69) is 16.9 Å². The smallest absolute Gasteiger partial charge is 0.271 e. The van der Waals surface area contributed by atoms with Gasteiger partial charge in [-0.15, -0.1) is 17.9 Å². The van der Waals surface area contributed by atoms with Crippen molar-refractivity contribution in [2.75, 3.05) is 11.1 Å². The summed E-state index contributed by atoms with van der Waals surface area (Å²) in [6.07, 6.45) is 1.56. The maximum Gasteiger partial charge on any atom is 0.271 e. The summed E-state index contributed by atoms with van der Waals surface area (Å²) in [5.41, 5.74) is 0.0735. The topological polar surface area (TPSA) is 107 Å². The van der Waals surface area contributed by atoms with E-state index in [1.165, 1.54) is 15.9 Å². The highest BCUT2D eigenvalue weighted by Crippen LogP contribution is 2.32. The van der Waals surface area contributed by atoms with Crippen molar-refractivity contribution in [2.45, 2.75) is 11.7 Å². The molecule has 34 heavy (non-hydrogen) atoms. The van der Waals surface area contributed by atoms with E-state index >= 15 is 0 Å². The fourth-order valence-electron chi connectivity index (χ4n) is 3.18. The lowest BCUT2D eigenvalue weighted by atomic mass is 10.2. The lowest BCUT2D eigenvalue weighted by Crippen LogP contribution is -2.23. The average molecular weight is 497 g/mol. The van der Waals surface area contributed by atoms with E-state index in [4.69, 9.17) is 0 Å². The van der Waals surface area contributed by atoms with E-state index in [1.54, 1.807) is 12.1 Å². The van der Waals surface area contributed by atoms with Gasteiger partial charge in [0.15, 0.2) is 5.16 Å². The minimum Gasteiger partial charge on any atom is -0.323 e. The van der Waals surface area contributed by atoms with Gasteiger partial charge in [-0.05, 0) is 17.7 Å². The third-order valence-corrected chi connectivity index (χ3v) is 6.81. The number of allylic oxidation sites excluding steroid dienone is 1. The summed E-state index contributed by atoms with van der Waals surface area (Å²) in [4.78, 5) is 41.8. The number of rotatable bonds is 8. The molecule has 4 rings (SSSR count). The van der Waals surface area contributed by atoms with Crippen LogP contribution in [0.5, 0.6) is 0 Å². The van der Waals surface area contributed by atoms with Crippen LogP contribution in [0.2, 0.25) is 0 Å². The summed E-state index contributed by atoms with van der Waals surface area (Å²) < 4.78 is 15.4. The summed E-state index contributed by atoms with van der Waals surface area (Å²) in [6.45, 7) is 3.88. The van der Waals surface area contributed by atoms with Gasteiger partial charge in [0.05, 0.1) is 21.7 Å². The zero-order valence-electron chi connectivity index (χ0n) is 17.6. The summed E-state index contributed by atoms with van der Waals surface area (Å²) in [7, 11) is 0. The van der Waals surface area contributed by atoms with Crippen LogP contribution in [0.3, 0.4) is 0 Å². The summed E-state index contributed by atoms with van der Waals surface area (Å²) in [5.74, 6) is -1.58. The van der Waals surface area contributed by atoms with Crippen molar-refractivity contribution in [1.82, 2.24) is 9.55 Å². The molecule has 0 unspecified atom stereocenters. The van der Waals surface area contributed by atoms with E-state index in [0.29, 0.717) is 15.4 Å². The molecule has 0 saturated heterocycles. The van der Waals surface area contributed by atoms with E-state index in [0.717, 1.165) is 40.4 Å². The number of nitrogens with one attached hydrogen (secondary N) is 1. The number of thioether (sulfide) groups is 1. The number of halogens is 1. The summed E-state index contributed by atoms with van der Waals surface area (Å²) >= 11 is 2.38. The van der Waals surface area contributed by atoms with Gasteiger partial charge in [0.1, 0.15) is 10.6 Å². The van der Waals surface area contributed by atoms with Crippen LogP contribution in [-0.4, -0.2) is 26.1 Å². The van der Waals surface area contributed by atoms with Crippen molar-refractivity contribution in [2.24, 2.45) is 0 Å². The first-order chi connectivity index (χ1) is 16.4. The van der Waals surface area contributed by atoms with Crippen molar-refractivity contribution in [3.8, 4) is 10.4 Å². The predicted octanol–water partition coefficient (Wildman–Crippen LogP) is 5.09. The minimum atomic E-state index is -0.793. The van der Waals surface area contributed by atoms with Gasteiger partial charge in [0, 0.05) is 23.6 Å². The number of fused-ring (bicyclic) bond motifs is 1. The van der Waals surface area contributed by atoms with Crippen molar-refractivity contribution in [3.63, 3.8) is 0 Å². The molecular weight excluding hydrogens is 479 g/mol. The molecule has 11 heteroatoms. The number of nitro groups is 1. The molecule has 0 spiro atoms. The summed E-state index contributed by atoms with van der Waals surface area (Å²) in [6, 6.07) is 14.3. The average Bonchev–Trinajstić information content (AvgIpc) is 3.26. The zero-order chi connectivity index (χ0) is 24.2. The zero-order valence-corrected chi connectivity index (χ0v) is 19.2. The largest absolute Gasteiger partial charge is 0.323 e. The van der Waals surface area contributed by atoms with Crippen LogP contribution in [0.1, 0.15) is 0 Å². The minimum absolute atomic E-state index is 0.186. The second-order valence-corrected chi connectivity index (χ2v) is 9.03. The molecule has 1 N–H and O–H groups in total. The number of thiophene rings is 1. The van der Waals surface area contributed by atoms with Crippen molar-refractivity contribution in [1.29, 1.82) is 0 Å². The van der Waals surface area contributed by atoms with Crippen LogP contribution in [0.4, 0.5) is 15.8 Å². The standard InChI is InChI=1S/C23H17FN4O4S2/c1-2-10-27-22(30)16-12-19(14-6-4-3-5-7-14)34-21(16)26-23(27)33-13-20(29)25-18-11-15(28(31)32)8-9-17(18)24/h2-9,11-12H,1,10,13H2,(H,25,29). The Labute approximate surface area is 200 Å². The first kappa shape index (κ1) is 23.3. The van der Waals surface area contributed by atoms with Gasteiger partial charge in [0.25, 0.3) is 11.2 Å². The molecule has 0 saturated carbocycles. The Hall–Kier alpha value is -3.83. The van der Waals surface area contributed by atoms with Crippen molar-refractivity contribution >= 4 is 50.6 Å². The van der Waals surface area contributed by atoms with Crippen LogP contribution in [0.25, 0.3) is 20.7 Å². The molecule has 0 bridgehead atoms. The Morgan fingerprint density at radius 2 is 2.03 bits per heavy atom. The number of hydrogen-bond acceptors (Lipinski definition) is 7. The maximum atomic E-state index is 14.0. The Morgan fingerprint density at radius 3 is 2.74 bits per heavy atom. The molecule has 0 aliphatic carbocycles. The Kier molecular flexibility index (Phi) is 6.85. The first-order valence-electron chi connectivity index (χ1n) is 9.94. The molecule has 2 aromatic carbocycles. The van der Waals surface area contributed by atoms with E-state index < -0.39 is 16.6 Å². The summed E-state index contributed by atoms with van der Waals surface area (Å²) in [5, 5.41) is 14.0. The molecule has 8 nitrogen and oxygen atoms in total. The maximum absolute atomic E-state index is 14.0. The molecule has 1 amide bonds. The number of carbonyl (C=O) groups excluding carboxylic acids is 1. The third-order valence-electron chi connectivity index (χ3n) is 4.75. The van der Waals surface area contributed by atoms with Gasteiger partial charge in [-0.25, -0.2) is 9.37 Å². The molecule has 2 heterocycles. The number of carbonyl (C=O) groups is 1. The Bertz CT molecular complexity index is 1470. The van der Waals surface area contributed by atoms with Crippen molar-refractivity contribution < 1.29 is 14.1 Å². The van der Waals surface area contributed by atoms with Gasteiger partial charge in [-0.2, -0.15) is 0 Å². The molecule has 172 valence electrons. The lowest BCUT2D eigenvalue weighted by molar-refractivity contribution is -0.384. The second kappa shape index (κ2) is 9.98. The van der Waals surface area contributed by atoms with Gasteiger partial charge >= 0.3 is 0 Å². The number of aromatic nitrogens is 2. The normalized spacial score (nSPS) is 10.9. The lowest BCUT2D eigenvalue weighted by Gasteiger charge is -2.10. The van der Waals surface area contributed by atoms with Crippen LogP contribution in [-0.2, 0) is 11.3 Å². The Morgan fingerprint density at radius 1 is 1.26 bits per heavy atom. The van der Waals surface area contributed by atoms with Crippen LogP contribution in [0.15, 0.2) is 77.2 Å². The van der Waals surface area contributed by atoms with Gasteiger partial charge in [0.2, 0.25) is 5.91 Å². The molecule has 0 radical (unpaired) electrons. The molecule has 4 aromatic rings. The number of non-ortho nitro benzene ring substituents is 1. The number of nitrogens with zero attached hydrogens (tertiary/aromatic N) is 3. The van der Waals surface area contributed by atoms with E-state index in [1.807, 2.05) is 30.3 Å². The highest BCUT2D eigenvalue weighted by Gasteiger charge is 2.17. The molecule has 0 aliphatic rings. The second-order valence-electron chi connectivity index (χ2n) is 7.05. The highest BCUT2D eigenvalue weighted by atomic mass is 32.2. The van der Waals surface area contributed by atoms with E-state index in [9.17, 15) is 24.1 Å². The predicted molar refractivity (Wildman–Crippen MR) is 132 cm³/mol. The number of amides is 1. The van der Waals surface area contributed by atoms with Gasteiger partial charge < -0.3 is 5.32 Å². The highest BCUT2D eigenvalue weighted by molar-refractivity contribution is 7.99. The fraction of sp³-hybridized carbons (Fsp3) is 0.0870. The van der Waals surface area contributed by atoms with E-state index in [-0.39, 0.29) is 29.2 Å². The van der Waals surface area contributed by atoms with Crippen LogP contribution < -0.4 is 10.9 Å². The quantitative estimate of drug-likeness (QED) is 0.120. The van der Waals surface area contributed by atoms with Gasteiger partial charge in [-0.1, -0.05) is 48.2 Å². The SMILES string of the molecule is C=CCn1c(SCC(=O)Nc2cc([N+](=O)[O-])ccc2F)nc2sc(-c3ccccc3)cc2c1=O. The molecular formula is C23H17FN4O4S2. The number of nitro benzene ring substituents is 1. The number of anilines is 1. The first-order valence-corrected chi connectivity index (χ1v) is 11.7.